The summed E-state index contributed by atoms with van der Waals surface area (Å²) in [5, 5.41) is 18.8. The molecule has 0 radical (unpaired) electrons. The number of halogens is 2. The van der Waals surface area contributed by atoms with Crippen LogP contribution < -0.4 is 5.32 Å². The van der Waals surface area contributed by atoms with Crippen molar-refractivity contribution in [1.29, 1.82) is 0 Å². The molecule has 1 aliphatic rings. The van der Waals surface area contributed by atoms with Gasteiger partial charge in [-0.15, -0.1) is 0 Å². The summed E-state index contributed by atoms with van der Waals surface area (Å²) in [6.07, 6.45) is 5.40. The van der Waals surface area contributed by atoms with E-state index in [1.54, 1.807) is 18.5 Å². The number of nitrogens with zero attached hydrogens (tertiary/aromatic N) is 3. The molecular weight excluding hydrogens is 531 g/mol. The minimum Gasteiger partial charge on any atom is -0.394 e. The molecule has 0 unspecified atom stereocenters. The quantitative estimate of drug-likeness (QED) is 0.244. The second-order valence-electron chi connectivity index (χ2n) is 10.9. The fourth-order valence-corrected chi connectivity index (χ4v) is 5.85. The number of nitrogens with one attached hydrogen (secondary N) is 1. The Hall–Kier alpha value is -3.19. The molecule has 0 bridgehead atoms. The molecule has 0 spiro atoms. The average Bonchev–Trinajstić information content (AvgIpc) is 3.37. The summed E-state index contributed by atoms with van der Waals surface area (Å²) in [5.74, 6) is 0.341. The van der Waals surface area contributed by atoms with E-state index < -0.39 is 0 Å². The summed E-state index contributed by atoms with van der Waals surface area (Å²) in [6.45, 7) is 4.32. The Morgan fingerprint density at radius 3 is 2.56 bits per heavy atom. The normalized spacial score (nSPS) is 18.8. The van der Waals surface area contributed by atoms with E-state index in [0.29, 0.717) is 22.9 Å². The molecule has 1 fully saturated rings. The van der Waals surface area contributed by atoms with Crippen LogP contribution in [0.15, 0.2) is 79.1 Å². The molecular formula is C31H32Cl2N4O2. The number of amides is 1. The first-order valence-corrected chi connectivity index (χ1v) is 13.9. The van der Waals surface area contributed by atoms with Gasteiger partial charge < -0.3 is 10.4 Å². The highest BCUT2D eigenvalue weighted by atomic mass is 35.5. The second kappa shape index (κ2) is 11.5. The monoisotopic (exact) mass is 562 g/mol. The Labute approximate surface area is 239 Å². The van der Waals surface area contributed by atoms with Crippen LogP contribution in [0.4, 0.5) is 0 Å². The summed E-state index contributed by atoms with van der Waals surface area (Å²) in [6, 6.07) is 21.1. The molecule has 5 rings (SSSR count). The van der Waals surface area contributed by atoms with Crippen molar-refractivity contribution in [1.82, 2.24) is 20.1 Å². The van der Waals surface area contributed by atoms with Gasteiger partial charge in [0.2, 0.25) is 5.91 Å². The van der Waals surface area contributed by atoms with Gasteiger partial charge in [0.25, 0.3) is 0 Å². The van der Waals surface area contributed by atoms with Crippen molar-refractivity contribution in [2.45, 2.75) is 45.1 Å². The maximum absolute atomic E-state index is 13.0. The average molecular weight is 564 g/mol. The molecule has 0 saturated heterocycles. The zero-order valence-electron chi connectivity index (χ0n) is 22.0. The predicted molar refractivity (Wildman–Crippen MR) is 155 cm³/mol. The van der Waals surface area contributed by atoms with Gasteiger partial charge in [0.15, 0.2) is 0 Å². The molecule has 3 atom stereocenters. The molecule has 2 aromatic heterocycles. The first-order valence-electron chi connectivity index (χ1n) is 13.2. The van der Waals surface area contributed by atoms with Crippen molar-refractivity contribution in [2.75, 3.05) is 6.61 Å². The van der Waals surface area contributed by atoms with E-state index in [1.807, 2.05) is 59.3 Å². The second-order valence-corrected chi connectivity index (χ2v) is 11.7. The molecule has 1 saturated carbocycles. The highest BCUT2D eigenvalue weighted by Gasteiger charge is 2.50. The molecule has 0 aliphatic heterocycles. The topological polar surface area (TPSA) is 80.0 Å². The van der Waals surface area contributed by atoms with Gasteiger partial charge >= 0.3 is 0 Å². The third-order valence-electron chi connectivity index (χ3n) is 8.01. The van der Waals surface area contributed by atoms with Gasteiger partial charge in [-0.05, 0) is 66.1 Å². The zero-order chi connectivity index (χ0) is 27.6. The van der Waals surface area contributed by atoms with E-state index in [-0.39, 0.29) is 35.8 Å². The van der Waals surface area contributed by atoms with Crippen LogP contribution in [0.3, 0.4) is 0 Å². The molecule has 6 nitrogen and oxygen atoms in total. The van der Waals surface area contributed by atoms with Crippen LogP contribution in [0, 0.1) is 11.3 Å². The lowest BCUT2D eigenvalue weighted by Crippen LogP contribution is -2.47. The SMILES string of the molecule is CC1(C)[C@@H](CC(=O)N[C@H](CO)Cc2ccccc2)C[C@@H]1c1cc(-c2cccnc2)nn1-c1ccc(Cl)c(Cl)c1. The van der Waals surface area contributed by atoms with Crippen LogP contribution in [0.5, 0.6) is 0 Å². The standard InChI is InChI=1S/C31H32Cl2N4O2/c1-31(2)22(15-30(39)35-23(19-38)13-20-7-4-3-5-8-20)14-25(31)29-17-28(21-9-6-12-34-18-21)36-37(29)24-10-11-26(32)27(33)16-24/h3-12,16-18,22-23,25,38H,13-15,19H2,1-2H3,(H,35,39)/t22-,23+,25-/m1/s1. The number of hydrogen-bond acceptors (Lipinski definition) is 4. The predicted octanol–water partition coefficient (Wildman–Crippen LogP) is 6.48. The van der Waals surface area contributed by atoms with Crippen molar-refractivity contribution >= 4 is 29.1 Å². The number of carbonyl (C=O) groups is 1. The minimum atomic E-state index is -0.308. The van der Waals surface area contributed by atoms with Crippen LogP contribution in [0.2, 0.25) is 10.0 Å². The lowest BCUT2D eigenvalue weighted by molar-refractivity contribution is -0.126. The van der Waals surface area contributed by atoms with E-state index in [1.165, 1.54) is 0 Å². The van der Waals surface area contributed by atoms with Crippen LogP contribution >= 0.6 is 23.2 Å². The van der Waals surface area contributed by atoms with Crippen molar-refractivity contribution in [3.63, 3.8) is 0 Å². The number of aliphatic hydroxyl groups is 1. The Morgan fingerprint density at radius 1 is 1.10 bits per heavy atom. The van der Waals surface area contributed by atoms with Gasteiger partial charge in [0.1, 0.15) is 0 Å². The van der Waals surface area contributed by atoms with Crippen molar-refractivity contribution < 1.29 is 9.90 Å². The van der Waals surface area contributed by atoms with Gasteiger partial charge in [-0.2, -0.15) is 5.10 Å². The highest BCUT2D eigenvalue weighted by molar-refractivity contribution is 6.42. The maximum Gasteiger partial charge on any atom is 0.220 e. The Balaban J connectivity index is 1.34. The van der Waals surface area contributed by atoms with Crippen molar-refractivity contribution in [3.8, 4) is 16.9 Å². The fraction of sp³-hybridized carbons (Fsp3) is 0.323. The molecule has 1 aliphatic carbocycles. The Morgan fingerprint density at radius 2 is 1.90 bits per heavy atom. The Kier molecular flexibility index (Phi) is 8.08. The molecule has 4 aromatic rings. The van der Waals surface area contributed by atoms with Crippen molar-refractivity contribution in [3.05, 3.63) is 100 Å². The van der Waals surface area contributed by atoms with Gasteiger partial charge in [-0.1, -0.05) is 67.4 Å². The highest BCUT2D eigenvalue weighted by Crippen LogP contribution is 2.58. The lowest BCUT2D eigenvalue weighted by Gasteiger charge is -2.52. The van der Waals surface area contributed by atoms with Crippen molar-refractivity contribution in [2.24, 2.45) is 11.3 Å². The van der Waals surface area contributed by atoms with Crippen LogP contribution in [0.25, 0.3) is 16.9 Å². The molecule has 2 N–H and O–H groups in total. The third kappa shape index (κ3) is 5.88. The molecule has 8 heteroatoms. The van der Waals surface area contributed by atoms with Crippen LogP contribution in [0.1, 0.15) is 43.9 Å². The van der Waals surface area contributed by atoms with E-state index in [2.05, 4.69) is 30.2 Å². The molecule has 1 amide bonds. The third-order valence-corrected chi connectivity index (χ3v) is 8.75. The number of pyridine rings is 1. The summed E-state index contributed by atoms with van der Waals surface area (Å²) in [7, 11) is 0. The van der Waals surface area contributed by atoms with Gasteiger partial charge in [-0.3, -0.25) is 9.78 Å². The molecule has 2 aromatic carbocycles. The van der Waals surface area contributed by atoms with E-state index >= 15 is 0 Å². The fourth-order valence-electron chi connectivity index (χ4n) is 5.56. The number of aromatic nitrogens is 3. The summed E-state index contributed by atoms with van der Waals surface area (Å²) < 4.78 is 1.94. The number of aliphatic hydroxyl groups excluding tert-OH is 1. The smallest absolute Gasteiger partial charge is 0.220 e. The number of hydrogen-bond donors (Lipinski definition) is 2. The van der Waals surface area contributed by atoms with Gasteiger partial charge in [0.05, 0.1) is 34.1 Å². The van der Waals surface area contributed by atoms with Gasteiger partial charge in [-0.25, -0.2) is 4.68 Å². The number of carbonyl (C=O) groups excluding carboxylic acids is 1. The van der Waals surface area contributed by atoms with E-state index in [4.69, 9.17) is 28.3 Å². The molecule has 2 heterocycles. The first kappa shape index (κ1) is 27.4. The van der Waals surface area contributed by atoms with Gasteiger partial charge in [0, 0.05) is 36.0 Å². The van der Waals surface area contributed by atoms with E-state index in [0.717, 1.165) is 34.6 Å². The van der Waals surface area contributed by atoms with Crippen LogP contribution in [-0.4, -0.2) is 38.4 Å². The first-order chi connectivity index (χ1) is 18.8. The largest absolute Gasteiger partial charge is 0.394 e. The zero-order valence-corrected chi connectivity index (χ0v) is 23.5. The number of benzene rings is 2. The summed E-state index contributed by atoms with van der Waals surface area (Å²) in [5.41, 5.74) is 4.59. The minimum absolute atomic E-state index is 0.0319. The van der Waals surface area contributed by atoms with E-state index in [9.17, 15) is 9.90 Å². The molecule has 39 heavy (non-hydrogen) atoms. The summed E-state index contributed by atoms with van der Waals surface area (Å²) >= 11 is 12.6. The maximum atomic E-state index is 13.0. The molecule has 202 valence electrons. The lowest BCUT2D eigenvalue weighted by atomic mass is 9.52. The van der Waals surface area contributed by atoms with Crippen LogP contribution in [-0.2, 0) is 11.2 Å². The number of rotatable bonds is 9. The summed E-state index contributed by atoms with van der Waals surface area (Å²) in [4.78, 5) is 17.3. The Bertz CT molecular complexity index is 1440.